The van der Waals surface area contributed by atoms with Crippen molar-refractivity contribution in [2.24, 2.45) is 11.7 Å². The van der Waals surface area contributed by atoms with Crippen LogP contribution in [0.2, 0.25) is 0 Å². The summed E-state index contributed by atoms with van der Waals surface area (Å²) in [5.74, 6) is 0.653. The highest BCUT2D eigenvalue weighted by Gasteiger charge is 2.31. The third-order valence-electron chi connectivity index (χ3n) is 3.61. The van der Waals surface area contributed by atoms with E-state index in [9.17, 15) is 4.79 Å². The molecule has 14 heavy (non-hydrogen) atoms. The highest BCUT2D eigenvalue weighted by Crippen LogP contribution is 2.26. The first kappa shape index (κ1) is 9.97. The van der Waals surface area contributed by atoms with Crippen molar-refractivity contribution in [3.63, 3.8) is 0 Å². The third kappa shape index (κ3) is 1.92. The van der Waals surface area contributed by atoms with Crippen LogP contribution in [0, 0.1) is 5.92 Å². The van der Waals surface area contributed by atoms with Crippen LogP contribution in [0.4, 0.5) is 0 Å². The molecule has 3 nitrogen and oxygen atoms in total. The van der Waals surface area contributed by atoms with Crippen LogP contribution in [0.3, 0.4) is 0 Å². The van der Waals surface area contributed by atoms with E-state index in [1.165, 1.54) is 19.3 Å². The molecule has 0 aromatic rings. The summed E-state index contributed by atoms with van der Waals surface area (Å²) < 4.78 is 0. The molecule has 2 aliphatic rings. The number of carbonyl (C=O) groups is 1. The summed E-state index contributed by atoms with van der Waals surface area (Å²) >= 11 is 0. The minimum absolute atomic E-state index is 0.197. The number of rotatable bonds is 2. The summed E-state index contributed by atoms with van der Waals surface area (Å²) in [6.07, 6.45) is 7.29. The van der Waals surface area contributed by atoms with Crippen molar-refractivity contribution < 1.29 is 4.79 Å². The molecule has 0 aromatic heterocycles. The smallest absolute Gasteiger partial charge is 0.239 e. The van der Waals surface area contributed by atoms with Crippen molar-refractivity contribution in [3.8, 4) is 0 Å². The summed E-state index contributed by atoms with van der Waals surface area (Å²) in [7, 11) is 0. The van der Waals surface area contributed by atoms with Gasteiger partial charge in [-0.1, -0.05) is 19.3 Å². The largest absolute Gasteiger partial charge is 0.341 e. The molecule has 0 aromatic carbocycles. The van der Waals surface area contributed by atoms with Gasteiger partial charge in [-0.15, -0.1) is 0 Å². The minimum atomic E-state index is -0.212. The summed E-state index contributed by atoms with van der Waals surface area (Å²) in [4.78, 5) is 13.7. The first-order valence-electron chi connectivity index (χ1n) is 5.83. The van der Waals surface area contributed by atoms with Crippen molar-refractivity contribution in [1.82, 2.24) is 4.90 Å². The fraction of sp³-hybridized carbons (Fsp3) is 0.909. The molecule has 1 aliphatic heterocycles. The van der Waals surface area contributed by atoms with E-state index in [-0.39, 0.29) is 11.9 Å². The van der Waals surface area contributed by atoms with Gasteiger partial charge in [0.25, 0.3) is 0 Å². The molecule has 1 unspecified atom stereocenters. The molecule has 2 N–H and O–H groups in total. The molecule has 1 saturated heterocycles. The lowest BCUT2D eigenvalue weighted by molar-refractivity contribution is -0.137. The van der Waals surface area contributed by atoms with E-state index >= 15 is 0 Å². The van der Waals surface area contributed by atoms with Gasteiger partial charge < -0.3 is 10.6 Å². The molecule has 3 heteroatoms. The molecule has 1 heterocycles. The molecule has 0 radical (unpaired) electrons. The molecular formula is C11H20N2O. The SMILES string of the molecule is NC(C(=O)N1CCC1)C1CCCCC1. The van der Waals surface area contributed by atoms with E-state index < -0.39 is 0 Å². The summed E-state index contributed by atoms with van der Waals surface area (Å²) in [6.45, 7) is 1.86. The van der Waals surface area contributed by atoms with Crippen LogP contribution < -0.4 is 5.73 Å². The Kier molecular flexibility index (Phi) is 3.06. The Morgan fingerprint density at radius 3 is 2.29 bits per heavy atom. The number of carbonyl (C=O) groups excluding carboxylic acids is 1. The van der Waals surface area contributed by atoms with Gasteiger partial charge >= 0.3 is 0 Å². The Labute approximate surface area is 85.6 Å². The molecule has 2 rings (SSSR count). The predicted octanol–water partition coefficient (Wildman–Crippen LogP) is 1.13. The van der Waals surface area contributed by atoms with E-state index in [1.54, 1.807) is 0 Å². The van der Waals surface area contributed by atoms with E-state index in [2.05, 4.69) is 0 Å². The van der Waals surface area contributed by atoms with E-state index in [4.69, 9.17) is 5.73 Å². The molecule has 1 aliphatic carbocycles. The zero-order valence-electron chi connectivity index (χ0n) is 8.74. The molecule has 1 atom stereocenters. The molecule has 2 fully saturated rings. The topological polar surface area (TPSA) is 46.3 Å². The van der Waals surface area contributed by atoms with Gasteiger partial charge in [0.05, 0.1) is 6.04 Å². The highest BCUT2D eigenvalue weighted by molar-refractivity contribution is 5.82. The Morgan fingerprint density at radius 1 is 1.14 bits per heavy atom. The molecule has 1 amide bonds. The lowest BCUT2D eigenvalue weighted by Crippen LogP contribution is -2.52. The van der Waals surface area contributed by atoms with Crippen LogP contribution in [-0.2, 0) is 4.79 Å². The second-order valence-corrected chi connectivity index (χ2v) is 4.60. The van der Waals surface area contributed by atoms with Gasteiger partial charge in [-0.3, -0.25) is 4.79 Å². The Hall–Kier alpha value is -0.570. The van der Waals surface area contributed by atoms with E-state index in [1.807, 2.05) is 4.90 Å². The van der Waals surface area contributed by atoms with Gasteiger partial charge in [0, 0.05) is 13.1 Å². The average molecular weight is 196 g/mol. The zero-order chi connectivity index (χ0) is 9.97. The van der Waals surface area contributed by atoms with Crippen LogP contribution in [0.5, 0.6) is 0 Å². The Bertz CT molecular complexity index is 207. The predicted molar refractivity (Wildman–Crippen MR) is 55.7 cm³/mol. The van der Waals surface area contributed by atoms with Gasteiger partial charge in [-0.2, -0.15) is 0 Å². The van der Waals surface area contributed by atoms with Crippen LogP contribution in [0.1, 0.15) is 38.5 Å². The zero-order valence-corrected chi connectivity index (χ0v) is 8.74. The number of likely N-dealkylation sites (tertiary alicyclic amines) is 1. The standard InChI is InChI=1S/C11H20N2O/c12-10(9-5-2-1-3-6-9)11(14)13-7-4-8-13/h9-10H,1-8,12H2. The molecule has 1 saturated carbocycles. The summed E-state index contributed by atoms with van der Waals surface area (Å²) in [6, 6.07) is -0.212. The molecule has 0 spiro atoms. The first-order chi connectivity index (χ1) is 6.79. The third-order valence-corrected chi connectivity index (χ3v) is 3.61. The fourth-order valence-electron chi connectivity index (χ4n) is 2.44. The van der Waals surface area contributed by atoms with Crippen molar-refractivity contribution in [2.45, 2.75) is 44.6 Å². The maximum atomic E-state index is 11.8. The number of hydrogen-bond donors (Lipinski definition) is 1. The first-order valence-corrected chi connectivity index (χ1v) is 5.83. The molecule has 80 valence electrons. The number of hydrogen-bond acceptors (Lipinski definition) is 2. The Balaban J connectivity index is 1.85. The second kappa shape index (κ2) is 4.30. The summed E-state index contributed by atoms with van der Waals surface area (Å²) in [5.41, 5.74) is 6.01. The van der Waals surface area contributed by atoms with Gasteiger partial charge in [0.2, 0.25) is 5.91 Å². The van der Waals surface area contributed by atoms with Gasteiger partial charge in [0.15, 0.2) is 0 Å². The van der Waals surface area contributed by atoms with Crippen LogP contribution in [0.25, 0.3) is 0 Å². The molecule has 0 bridgehead atoms. The van der Waals surface area contributed by atoms with Gasteiger partial charge in [-0.05, 0) is 25.2 Å². The maximum Gasteiger partial charge on any atom is 0.239 e. The monoisotopic (exact) mass is 196 g/mol. The van der Waals surface area contributed by atoms with Crippen molar-refractivity contribution in [3.05, 3.63) is 0 Å². The van der Waals surface area contributed by atoms with E-state index in [0.717, 1.165) is 32.4 Å². The minimum Gasteiger partial charge on any atom is -0.341 e. The van der Waals surface area contributed by atoms with Crippen LogP contribution in [0.15, 0.2) is 0 Å². The van der Waals surface area contributed by atoms with E-state index in [0.29, 0.717) is 5.92 Å². The quantitative estimate of drug-likeness (QED) is 0.719. The summed E-state index contributed by atoms with van der Waals surface area (Å²) in [5, 5.41) is 0. The number of nitrogens with two attached hydrogens (primary N) is 1. The molecular weight excluding hydrogens is 176 g/mol. The van der Waals surface area contributed by atoms with Gasteiger partial charge in [0.1, 0.15) is 0 Å². The fourth-order valence-corrected chi connectivity index (χ4v) is 2.44. The normalized spacial score (nSPS) is 25.6. The number of amides is 1. The van der Waals surface area contributed by atoms with Crippen molar-refractivity contribution in [1.29, 1.82) is 0 Å². The average Bonchev–Trinajstić information content (AvgIpc) is 2.15. The van der Waals surface area contributed by atoms with Gasteiger partial charge in [-0.25, -0.2) is 0 Å². The lowest BCUT2D eigenvalue weighted by atomic mass is 9.83. The number of nitrogens with zero attached hydrogens (tertiary/aromatic N) is 1. The maximum absolute atomic E-state index is 11.8. The Morgan fingerprint density at radius 2 is 1.79 bits per heavy atom. The lowest BCUT2D eigenvalue weighted by Gasteiger charge is -2.36. The van der Waals surface area contributed by atoms with Crippen LogP contribution >= 0.6 is 0 Å². The van der Waals surface area contributed by atoms with Crippen molar-refractivity contribution >= 4 is 5.91 Å². The van der Waals surface area contributed by atoms with Crippen LogP contribution in [-0.4, -0.2) is 29.9 Å². The second-order valence-electron chi connectivity index (χ2n) is 4.60. The van der Waals surface area contributed by atoms with Crippen molar-refractivity contribution in [2.75, 3.05) is 13.1 Å². The highest BCUT2D eigenvalue weighted by atomic mass is 16.2.